The van der Waals surface area contributed by atoms with E-state index < -0.39 is 0 Å². The van der Waals surface area contributed by atoms with E-state index in [9.17, 15) is 0 Å². The van der Waals surface area contributed by atoms with E-state index in [-0.39, 0.29) is 6.04 Å². The monoisotopic (exact) mass is 182 g/mol. The highest BCUT2D eigenvalue weighted by molar-refractivity contribution is 5.45. The first-order valence-corrected chi connectivity index (χ1v) is 4.24. The van der Waals surface area contributed by atoms with E-state index in [0.29, 0.717) is 0 Å². The maximum absolute atomic E-state index is 5.23. The maximum Gasteiger partial charge on any atom is 0.131 e. The molecule has 0 heterocycles. The maximum atomic E-state index is 5.23. The quantitative estimate of drug-likeness (QED) is 0.758. The third-order valence-electron chi connectivity index (χ3n) is 1.96. The Morgan fingerprint density at radius 1 is 1.15 bits per heavy atom. The first-order chi connectivity index (χ1) is 6.20. The van der Waals surface area contributed by atoms with Gasteiger partial charge in [0.2, 0.25) is 0 Å². The lowest BCUT2D eigenvalue weighted by Gasteiger charge is -2.13. The van der Waals surface area contributed by atoms with E-state index in [1.165, 1.54) is 0 Å². The zero-order chi connectivity index (χ0) is 9.84. The summed E-state index contributed by atoms with van der Waals surface area (Å²) in [5.41, 5.74) is 4.99. The molecule has 0 saturated carbocycles. The van der Waals surface area contributed by atoms with Gasteiger partial charge in [0.05, 0.1) is 19.8 Å². The molecule has 1 rings (SSSR count). The van der Waals surface area contributed by atoms with Crippen molar-refractivity contribution in [2.45, 2.75) is 13.0 Å². The van der Waals surface area contributed by atoms with Gasteiger partial charge in [-0.2, -0.15) is 0 Å². The van der Waals surface area contributed by atoms with E-state index in [4.69, 9.17) is 9.47 Å². The van der Waals surface area contributed by atoms with Gasteiger partial charge in [0.25, 0.3) is 0 Å². The molecule has 1 aromatic carbocycles. The predicted octanol–water partition coefficient (Wildman–Crippen LogP) is 1.01. The molecule has 0 bridgehead atoms. The van der Waals surface area contributed by atoms with Gasteiger partial charge >= 0.3 is 0 Å². The number of methoxy groups -OCH3 is 2. The van der Waals surface area contributed by atoms with Crippen LogP contribution in [-0.4, -0.2) is 14.2 Å². The van der Waals surface area contributed by atoms with Crippen LogP contribution in [-0.2, 0) is 0 Å². The topological polar surface area (TPSA) is 46.1 Å². The van der Waals surface area contributed by atoms with Gasteiger partial charge in [-0.25, -0.2) is 0 Å². The first kappa shape index (κ1) is 9.86. The van der Waals surface area contributed by atoms with Crippen LogP contribution >= 0.6 is 0 Å². The molecule has 0 aliphatic carbocycles. The molecule has 1 atom stereocenters. The number of ether oxygens (including phenoxy) is 2. The normalized spacial score (nSPS) is 12.3. The van der Waals surface area contributed by atoms with Crippen LogP contribution in [0.5, 0.6) is 11.5 Å². The molecule has 0 aliphatic heterocycles. The highest BCUT2D eigenvalue weighted by Gasteiger charge is 2.15. The minimum absolute atomic E-state index is 0.158. The minimum atomic E-state index is 0.158. The molecule has 3 heteroatoms. The summed E-state index contributed by atoms with van der Waals surface area (Å²) in [6.07, 6.45) is 0. The van der Waals surface area contributed by atoms with E-state index in [1.54, 1.807) is 14.2 Å². The van der Waals surface area contributed by atoms with Crippen LogP contribution in [0.3, 0.4) is 0 Å². The second kappa shape index (κ2) is 4.14. The van der Waals surface area contributed by atoms with E-state index >= 15 is 0 Å². The lowest BCUT2D eigenvalue weighted by molar-refractivity contribution is -0.420. The Morgan fingerprint density at radius 3 is 1.92 bits per heavy atom. The van der Waals surface area contributed by atoms with Crippen LogP contribution in [0.2, 0.25) is 0 Å². The van der Waals surface area contributed by atoms with Crippen molar-refractivity contribution < 1.29 is 15.2 Å². The smallest absolute Gasteiger partial charge is 0.131 e. The van der Waals surface area contributed by atoms with Crippen LogP contribution in [0.15, 0.2) is 18.2 Å². The van der Waals surface area contributed by atoms with Crippen molar-refractivity contribution in [2.24, 2.45) is 0 Å². The van der Waals surface area contributed by atoms with Crippen molar-refractivity contribution in [3.63, 3.8) is 0 Å². The summed E-state index contributed by atoms with van der Waals surface area (Å²) in [5.74, 6) is 1.67. The lowest BCUT2D eigenvalue weighted by atomic mass is 10.1. The average molecular weight is 182 g/mol. The third kappa shape index (κ3) is 1.92. The summed E-state index contributed by atoms with van der Waals surface area (Å²) >= 11 is 0. The van der Waals surface area contributed by atoms with Crippen LogP contribution in [0.4, 0.5) is 0 Å². The molecule has 13 heavy (non-hydrogen) atoms. The summed E-state index contributed by atoms with van der Waals surface area (Å²) in [7, 11) is 3.31. The van der Waals surface area contributed by atoms with Gasteiger partial charge < -0.3 is 15.2 Å². The Hall–Kier alpha value is -1.22. The van der Waals surface area contributed by atoms with Crippen molar-refractivity contribution >= 4 is 0 Å². The van der Waals surface area contributed by atoms with Gasteiger partial charge in [-0.05, 0) is 19.1 Å². The summed E-state index contributed by atoms with van der Waals surface area (Å²) in [4.78, 5) is 0. The highest BCUT2D eigenvalue weighted by atomic mass is 16.5. The fourth-order valence-corrected chi connectivity index (χ4v) is 1.37. The largest absolute Gasteiger partial charge is 0.496 e. The van der Waals surface area contributed by atoms with Crippen molar-refractivity contribution in [3.05, 3.63) is 23.8 Å². The van der Waals surface area contributed by atoms with Crippen molar-refractivity contribution in [3.8, 4) is 11.5 Å². The standard InChI is InChI=1S/C10H15NO2/c1-7(11)10-8(12-2)5-4-6-9(10)13-3/h4-7H,11H2,1-3H3/p+1/t7-/m0/s1. The molecular formula is C10H16NO2+. The summed E-state index contributed by atoms with van der Waals surface area (Å²) in [5, 5.41) is 0. The Kier molecular flexibility index (Phi) is 3.14. The van der Waals surface area contributed by atoms with Crippen LogP contribution in [0.1, 0.15) is 18.5 Å². The highest BCUT2D eigenvalue weighted by Crippen LogP contribution is 2.31. The number of rotatable bonds is 3. The first-order valence-electron chi connectivity index (χ1n) is 4.24. The van der Waals surface area contributed by atoms with Gasteiger partial charge in [-0.1, -0.05) is 6.07 Å². The Balaban J connectivity index is 3.21. The number of hydrogen-bond donors (Lipinski definition) is 1. The second-order valence-corrected chi connectivity index (χ2v) is 2.98. The van der Waals surface area contributed by atoms with E-state index in [0.717, 1.165) is 17.1 Å². The molecule has 0 amide bonds. The third-order valence-corrected chi connectivity index (χ3v) is 1.96. The zero-order valence-corrected chi connectivity index (χ0v) is 8.33. The van der Waals surface area contributed by atoms with Crippen molar-refractivity contribution in [1.82, 2.24) is 0 Å². The predicted molar refractivity (Wildman–Crippen MR) is 50.8 cm³/mol. The average Bonchev–Trinajstić information content (AvgIpc) is 2.16. The van der Waals surface area contributed by atoms with E-state index in [2.05, 4.69) is 5.73 Å². The number of benzene rings is 1. The van der Waals surface area contributed by atoms with Crippen molar-refractivity contribution in [2.75, 3.05) is 14.2 Å². The zero-order valence-electron chi connectivity index (χ0n) is 8.33. The van der Waals surface area contributed by atoms with Crippen molar-refractivity contribution in [1.29, 1.82) is 0 Å². The Bertz CT molecular complexity index is 262. The number of quaternary nitrogens is 1. The molecule has 3 N–H and O–H groups in total. The Morgan fingerprint density at radius 2 is 1.62 bits per heavy atom. The lowest BCUT2D eigenvalue weighted by Crippen LogP contribution is -2.52. The molecule has 1 aromatic rings. The SMILES string of the molecule is COc1cccc(OC)c1[C@H](C)[NH3+]. The molecule has 0 spiro atoms. The molecule has 0 saturated heterocycles. The molecular weight excluding hydrogens is 166 g/mol. The van der Waals surface area contributed by atoms with Crippen LogP contribution in [0, 0.1) is 0 Å². The number of hydrogen-bond acceptors (Lipinski definition) is 2. The fourth-order valence-electron chi connectivity index (χ4n) is 1.37. The second-order valence-electron chi connectivity index (χ2n) is 2.98. The minimum Gasteiger partial charge on any atom is -0.496 e. The molecule has 0 fully saturated rings. The molecule has 0 radical (unpaired) electrons. The van der Waals surface area contributed by atoms with E-state index in [1.807, 2.05) is 25.1 Å². The molecule has 0 aliphatic rings. The van der Waals surface area contributed by atoms with Gasteiger partial charge in [0.15, 0.2) is 0 Å². The molecule has 3 nitrogen and oxygen atoms in total. The summed E-state index contributed by atoms with van der Waals surface area (Å²) in [6, 6.07) is 5.90. The summed E-state index contributed by atoms with van der Waals surface area (Å²) in [6.45, 7) is 2.01. The van der Waals surface area contributed by atoms with Crippen LogP contribution < -0.4 is 15.2 Å². The molecule has 0 unspecified atom stereocenters. The summed E-state index contributed by atoms with van der Waals surface area (Å²) < 4.78 is 10.5. The van der Waals surface area contributed by atoms with Crippen LogP contribution in [0.25, 0.3) is 0 Å². The fraction of sp³-hybridized carbons (Fsp3) is 0.400. The van der Waals surface area contributed by atoms with Gasteiger partial charge in [0, 0.05) is 0 Å². The molecule has 72 valence electrons. The Labute approximate surface area is 78.5 Å². The van der Waals surface area contributed by atoms with Gasteiger partial charge in [-0.15, -0.1) is 0 Å². The molecule has 0 aromatic heterocycles. The van der Waals surface area contributed by atoms with Gasteiger partial charge in [-0.3, -0.25) is 0 Å². The van der Waals surface area contributed by atoms with Gasteiger partial charge in [0.1, 0.15) is 17.5 Å².